The number of aryl methyl sites for hydroxylation is 1. The molecule has 2 amide bonds. The summed E-state index contributed by atoms with van der Waals surface area (Å²) in [5, 5.41) is 3.58. The highest BCUT2D eigenvalue weighted by atomic mass is 35.5. The van der Waals surface area contributed by atoms with E-state index >= 15 is 0 Å². The van der Waals surface area contributed by atoms with Gasteiger partial charge in [0.15, 0.2) is 0 Å². The molecule has 1 aliphatic rings. The minimum atomic E-state index is -0.00825. The lowest BCUT2D eigenvalue weighted by Crippen LogP contribution is -2.32. The van der Waals surface area contributed by atoms with Crippen LogP contribution in [0.5, 0.6) is 0 Å². The number of carbonyl (C=O) groups excluding carboxylic acids is 2. The molecule has 7 heteroatoms. The lowest BCUT2D eigenvalue weighted by molar-refractivity contribution is -0.128. The summed E-state index contributed by atoms with van der Waals surface area (Å²) >= 11 is 5.96. The van der Waals surface area contributed by atoms with Gasteiger partial charge in [0.05, 0.1) is 11.0 Å². The summed E-state index contributed by atoms with van der Waals surface area (Å²) in [6, 6.07) is 5.56. The van der Waals surface area contributed by atoms with Crippen molar-refractivity contribution >= 4 is 34.4 Å². The van der Waals surface area contributed by atoms with Crippen molar-refractivity contribution in [2.75, 3.05) is 19.6 Å². The summed E-state index contributed by atoms with van der Waals surface area (Å²) in [6.45, 7) is 1.90. The smallest absolute Gasteiger partial charge is 0.222 e. The molecule has 0 unspecified atom stereocenters. The first kappa shape index (κ1) is 16.8. The third-order valence-electron chi connectivity index (χ3n) is 4.19. The van der Waals surface area contributed by atoms with Gasteiger partial charge in [0.2, 0.25) is 11.8 Å². The Hall–Kier alpha value is -2.08. The molecule has 24 heavy (non-hydrogen) atoms. The molecule has 2 heterocycles. The van der Waals surface area contributed by atoms with Gasteiger partial charge in [0.25, 0.3) is 0 Å². The fraction of sp³-hybridized carbons (Fsp3) is 0.471. The molecule has 1 saturated heterocycles. The highest BCUT2D eigenvalue weighted by Crippen LogP contribution is 2.17. The van der Waals surface area contributed by atoms with Crippen LogP contribution in [-0.4, -0.2) is 46.3 Å². The Labute approximate surface area is 145 Å². The highest BCUT2D eigenvalue weighted by Gasteiger charge is 2.20. The second-order valence-corrected chi connectivity index (χ2v) is 6.47. The summed E-state index contributed by atoms with van der Waals surface area (Å²) < 4.78 is 0. The van der Waals surface area contributed by atoms with E-state index in [1.54, 1.807) is 4.90 Å². The zero-order valence-electron chi connectivity index (χ0n) is 13.5. The molecule has 2 N–H and O–H groups in total. The van der Waals surface area contributed by atoms with Crippen molar-refractivity contribution in [3.63, 3.8) is 0 Å². The van der Waals surface area contributed by atoms with Crippen LogP contribution in [0.2, 0.25) is 5.02 Å². The van der Waals surface area contributed by atoms with E-state index in [0.717, 1.165) is 42.7 Å². The van der Waals surface area contributed by atoms with Gasteiger partial charge in [0, 0.05) is 43.9 Å². The third kappa shape index (κ3) is 4.26. The Morgan fingerprint density at radius 3 is 3.08 bits per heavy atom. The van der Waals surface area contributed by atoms with Crippen LogP contribution >= 0.6 is 11.6 Å². The van der Waals surface area contributed by atoms with E-state index in [-0.39, 0.29) is 11.8 Å². The number of hydrogen-bond donors (Lipinski definition) is 2. The van der Waals surface area contributed by atoms with E-state index in [4.69, 9.17) is 11.6 Å². The number of amides is 2. The van der Waals surface area contributed by atoms with Gasteiger partial charge < -0.3 is 15.2 Å². The Morgan fingerprint density at radius 2 is 2.29 bits per heavy atom. The molecule has 128 valence electrons. The number of carbonyl (C=O) groups is 2. The zero-order chi connectivity index (χ0) is 16.9. The maximum absolute atomic E-state index is 11.8. The standard InChI is InChI=1S/C17H21ClN4O2/c18-12-5-6-13-14(11-12)21-15(20-13)3-1-8-19-16(23)7-10-22-9-2-4-17(22)24/h5-6,11H,1-4,7-10H2,(H,19,23)(H,20,21). The zero-order valence-corrected chi connectivity index (χ0v) is 14.2. The molecular formula is C17H21ClN4O2. The molecule has 3 rings (SSSR count). The van der Waals surface area contributed by atoms with Crippen LogP contribution in [0.15, 0.2) is 18.2 Å². The Bertz CT molecular complexity index is 743. The first-order valence-corrected chi connectivity index (χ1v) is 8.68. The molecule has 1 aromatic heterocycles. The summed E-state index contributed by atoms with van der Waals surface area (Å²) in [7, 11) is 0. The number of imidazole rings is 1. The Kier molecular flexibility index (Phi) is 5.35. The summed E-state index contributed by atoms with van der Waals surface area (Å²) in [5.74, 6) is 1.04. The maximum Gasteiger partial charge on any atom is 0.222 e. The maximum atomic E-state index is 11.8. The SMILES string of the molecule is O=C(CCN1CCCC1=O)NCCCc1nc2ccc(Cl)cc2[nH]1. The number of aromatic amines is 1. The van der Waals surface area contributed by atoms with Crippen molar-refractivity contribution in [3.8, 4) is 0 Å². The number of hydrogen-bond acceptors (Lipinski definition) is 3. The van der Waals surface area contributed by atoms with Crippen LogP contribution in [-0.2, 0) is 16.0 Å². The predicted molar refractivity (Wildman–Crippen MR) is 92.9 cm³/mol. The summed E-state index contributed by atoms with van der Waals surface area (Å²) in [5.41, 5.74) is 1.82. The molecule has 1 aromatic carbocycles. The van der Waals surface area contributed by atoms with E-state index in [1.807, 2.05) is 18.2 Å². The molecule has 0 atom stereocenters. The molecule has 0 saturated carbocycles. The van der Waals surface area contributed by atoms with Crippen molar-refractivity contribution in [1.82, 2.24) is 20.2 Å². The molecule has 1 aliphatic heterocycles. The number of aromatic nitrogens is 2. The fourth-order valence-corrected chi connectivity index (χ4v) is 3.07. The largest absolute Gasteiger partial charge is 0.356 e. The van der Waals surface area contributed by atoms with Crippen LogP contribution in [0, 0.1) is 0 Å². The minimum absolute atomic E-state index is 0.00825. The number of nitrogens with one attached hydrogen (secondary N) is 2. The van der Waals surface area contributed by atoms with Gasteiger partial charge in [0.1, 0.15) is 5.82 Å². The van der Waals surface area contributed by atoms with Crippen LogP contribution in [0.4, 0.5) is 0 Å². The van der Waals surface area contributed by atoms with Crippen LogP contribution < -0.4 is 5.32 Å². The molecular weight excluding hydrogens is 328 g/mol. The van der Waals surface area contributed by atoms with Gasteiger partial charge >= 0.3 is 0 Å². The first-order valence-electron chi connectivity index (χ1n) is 8.30. The second kappa shape index (κ2) is 7.66. The monoisotopic (exact) mass is 348 g/mol. The topological polar surface area (TPSA) is 78.1 Å². The van der Waals surface area contributed by atoms with Gasteiger partial charge in [-0.1, -0.05) is 11.6 Å². The molecule has 0 radical (unpaired) electrons. The first-order chi connectivity index (χ1) is 11.6. The summed E-state index contributed by atoms with van der Waals surface area (Å²) in [4.78, 5) is 32.8. The third-order valence-corrected chi connectivity index (χ3v) is 4.42. The van der Waals surface area contributed by atoms with Crippen molar-refractivity contribution in [2.24, 2.45) is 0 Å². The molecule has 1 fully saturated rings. The van der Waals surface area contributed by atoms with Gasteiger partial charge in [-0.2, -0.15) is 0 Å². The highest BCUT2D eigenvalue weighted by molar-refractivity contribution is 6.31. The Balaban J connectivity index is 1.36. The van der Waals surface area contributed by atoms with Crippen LogP contribution in [0.3, 0.4) is 0 Å². The molecule has 0 bridgehead atoms. The minimum Gasteiger partial charge on any atom is -0.356 e. The lowest BCUT2D eigenvalue weighted by Gasteiger charge is -2.14. The predicted octanol–water partition coefficient (Wildman–Crippen LogP) is 2.28. The number of H-pyrrole nitrogens is 1. The van der Waals surface area contributed by atoms with Crippen molar-refractivity contribution in [1.29, 1.82) is 0 Å². The Morgan fingerprint density at radius 1 is 1.42 bits per heavy atom. The number of likely N-dealkylation sites (tertiary alicyclic amines) is 1. The van der Waals surface area contributed by atoms with Crippen molar-refractivity contribution in [3.05, 3.63) is 29.0 Å². The van der Waals surface area contributed by atoms with E-state index in [9.17, 15) is 9.59 Å². The fourth-order valence-electron chi connectivity index (χ4n) is 2.90. The number of fused-ring (bicyclic) bond motifs is 1. The van der Waals surface area contributed by atoms with Gasteiger partial charge in [-0.05, 0) is 31.0 Å². The van der Waals surface area contributed by atoms with Gasteiger partial charge in [-0.25, -0.2) is 4.98 Å². The molecule has 2 aromatic rings. The van der Waals surface area contributed by atoms with E-state index in [2.05, 4.69) is 15.3 Å². The normalized spacial score (nSPS) is 14.5. The number of benzene rings is 1. The molecule has 0 aliphatic carbocycles. The van der Waals surface area contributed by atoms with Crippen LogP contribution in [0.25, 0.3) is 11.0 Å². The van der Waals surface area contributed by atoms with Gasteiger partial charge in [-0.3, -0.25) is 9.59 Å². The number of rotatable bonds is 7. The van der Waals surface area contributed by atoms with E-state index in [0.29, 0.717) is 31.0 Å². The van der Waals surface area contributed by atoms with E-state index in [1.165, 1.54) is 0 Å². The quantitative estimate of drug-likeness (QED) is 0.753. The van der Waals surface area contributed by atoms with Crippen molar-refractivity contribution < 1.29 is 9.59 Å². The average Bonchev–Trinajstić information content (AvgIpc) is 3.14. The summed E-state index contributed by atoms with van der Waals surface area (Å²) in [6.07, 6.45) is 3.46. The second-order valence-electron chi connectivity index (χ2n) is 6.03. The van der Waals surface area contributed by atoms with Crippen molar-refractivity contribution in [2.45, 2.75) is 32.1 Å². The van der Waals surface area contributed by atoms with Crippen LogP contribution in [0.1, 0.15) is 31.5 Å². The van der Waals surface area contributed by atoms with Gasteiger partial charge in [-0.15, -0.1) is 0 Å². The average molecular weight is 349 g/mol. The molecule has 6 nitrogen and oxygen atoms in total. The number of nitrogens with zero attached hydrogens (tertiary/aromatic N) is 2. The number of halogens is 1. The lowest BCUT2D eigenvalue weighted by atomic mass is 10.3. The van der Waals surface area contributed by atoms with E-state index < -0.39 is 0 Å². The molecule has 0 spiro atoms.